The molecule has 3 amide bonds. The molecule has 0 unspecified atom stereocenters. The van der Waals surface area contributed by atoms with Gasteiger partial charge in [0.2, 0.25) is 11.8 Å². The predicted molar refractivity (Wildman–Crippen MR) is 111 cm³/mol. The van der Waals surface area contributed by atoms with Gasteiger partial charge >= 0.3 is 0 Å². The van der Waals surface area contributed by atoms with Gasteiger partial charge in [-0.25, -0.2) is 4.90 Å². The van der Waals surface area contributed by atoms with Crippen molar-refractivity contribution >= 4 is 40.7 Å². The molecule has 3 fully saturated rings. The third kappa shape index (κ3) is 2.79. The average Bonchev–Trinajstić information content (AvgIpc) is 3.38. The third-order valence-electron chi connectivity index (χ3n) is 6.76. The summed E-state index contributed by atoms with van der Waals surface area (Å²) in [6.07, 6.45) is 3.03. The Labute approximate surface area is 174 Å². The topological polar surface area (TPSA) is 66.5 Å². The summed E-state index contributed by atoms with van der Waals surface area (Å²) < 4.78 is 0. The van der Waals surface area contributed by atoms with E-state index in [0.717, 1.165) is 24.8 Å². The number of hydrogen-bond acceptors (Lipinski definition) is 3. The van der Waals surface area contributed by atoms with Gasteiger partial charge in [0.25, 0.3) is 5.91 Å². The minimum absolute atomic E-state index is 0.147. The van der Waals surface area contributed by atoms with Gasteiger partial charge in [0, 0.05) is 10.7 Å². The van der Waals surface area contributed by atoms with Gasteiger partial charge in [-0.05, 0) is 67.9 Å². The zero-order valence-corrected chi connectivity index (χ0v) is 16.8. The lowest BCUT2D eigenvalue weighted by molar-refractivity contribution is -0.123. The fraction of sp³-hybridized carbons (Fsp3) is 0.348. The van der Waals surface area contributed by atoms with Gasteiger partial charge in [-0.1, -0.05) is 29.8 Å². The summed E-state index contributed by atoms with van der Waals surface area (Å²) in [5.41, 5.74) is 2.15. The van der Waals surface area contributed by atoms with Crippen molar-refractivity contribution < 1.29 is 14.4 Å². The highest BCUT2D eigenvalue weighted by Crippen LogP contribution is 2.56. The molecule has 1 saturated heterocycles. The van der Waals surface area contributed by atoms with Crippen LogP contribution in [0.15, 0.2) is 42.5 Å². The number of nitrogens with one attached hydrogen (secondary N) is 1. The van der Waals surface area contributed by atoms with E-state index in [2.05, 4.69) is 5.32 Å². The SMILES string of the molecule is Cc1ccc(Cl)cc1NC(=O)c1ccccc1N1C(=O)[C@H]2[C@@H]3CC[C@H](C3)[C@@H]2C1=O. The molecule has 2 aliphatic carbocycles. The molecule has 148 valence electrons. The summed E-state index contributed by atoms with van der Waals surface area (Å²) in [5, 5.41) is 3.39. The maximum absolute atomic E-state index is 13.2. The van der Waals surface area contributed by atoms with Gasteiger partial charge in [0.15, 0.2) is 0 Å². The van der Waals surface area contributed by atoms with Crippen LogP contribution in [-0.4, -0.2) is 17.7 Å². The van der Waals surface area contributed by atoms with E-state index in [4.69, 9.17) is 11.6 Å². The predicted octanol–water partition coefficient (Wildman–Crippen LogP) is 4.44. The van der Waals surface area contributed by atoms with E-state index >= 15 is 0 Å². The molecule has 2 aromatic carbocycles. The Kier molecular flexibility index (Phi) is 4.24. The van der Waals surface area contributed by atoms with E-state index in [1.807, 2.05) is 13.0 Å². The first-order valence-corrected chi connectivity index (χ1v) is 10.4. The quantitative estimate of drug-likeness (QED) is 0.763. The molecule has 1 N–H and O–H groups in total. The van der Waals surface area contributed by atoms with Crippen LogP contribution in [0.3, 0.4) is 0 Å². The van der Waals surface area contributed by atoms with Crippen molar-refractivity contribution in [1.82, 2.24) is 0 Å². The number of aryl methyl sites for hydroxylation is 1. The number of carbonyl (C=O) groups is 3. The number of hydrogen-bond donors (Lipinski definition) is 1. The van der Waals surface area contributed by atoms with Gasteiger partial charge in [0.1, 0.15) is 0 Å². The molecule has 6 heteroatoms. The van der Waals surface area contributed by atoms with Crippen LogP contribution in [-0.2, 0) is 9.59 Å². The number of rotatable bonds is 3. The molecule has 2 saturated carbocycles. The maximum atomic E-state index is 13.2. The number of anilines is 2. The Hall–Kier alpha value is -2.66. The second kappa shape index (κ2) is 6.70. The molecule has 3 aliphatic rings. The lowest BCUT2D eigenvalue weighted by Gasteiger charge is -2.20. The van der Waals surface area contributed by atoms with E-state index in [-0.39, 0.29) is 29.6 Å². The number of imide groups is 1. The van der Waals surface area contributed by atoms with Crippen molar-refractivity contribution in [2.75, 3.05) is 10.2 Å². The first-order chi connectivity index (χ1) is 14.0. The summed E-state index contributed by atoms with van der Waals surface area (Å²) in [6, 6.07) is 12.1. The van der Waals surface area contributed by atoms with Crippen molar-refractivity contribution in [3.8, 4) is 0 Å². The molecule has 0 spiro atoms. The number of amides is 3. The van der Waals surface area contributed by atoms with E-state index < -0.39 is 0 Å². The van der Waals surface area contributed by atoms with E-state index in [0.29, 0.717) is 33.8 Å². The first kappa shape index (κ1) is 18.4. The van der Waals surface area contributed by atoms with Crippen molar-refractivity contribution in [3.63, 3.8) is 0 Å². The second-order valence-corrected chi connectivity index (χ2v) is 8.76. The molecule has 2 aromatic rings. The fourth-order valence-electron chi connectivity index (χ4n) is 5.43. The lowest BCUT2D eigenvalue weighted by atomic mass is 9.81. The van der Waals surface area contributed by atoms with Crippen LogP contribution in [0.25, 0.3) is 0 Å². The molecule has 0 radical (unpaired) electrons. The van der Waals surface area contributed by atoms with E-state index in [9.17, 15) is 14.4 Å². The Bertz CT molecular complexity index is 1020. The van der Waals surface area contributed by atoms with Crippen LogP contribution in [0.5, 0.6) is 0 Å². The molecule has 29 heavy (non-hydrogen) atoms. The molecule has 0 aromatic heterocycles. The zero-order valence-electron chi connectivity index (χ0n) is 16.0. The molecule has 5 rings (SSSR count). The van der Waals surface area contributed by atoms with Crippen LogP contribution < -0.4 is 10.2 Å². The van der Waals surface area contributed by atoms with Crippen LogP contribution in [0.1, 0.15) is 35.2 Å². The van der Waals surface area contributed by atoms with Crippen molar-refractivity contribution in [1.29, 1.82) is 0 Å². The smallest absolute Gasteiger partial charge is 0.257 e. The highest BCUT2D eigenvalue weighted by Gasteiger charge is 2.61. The summed E-state index contributed by atoms with van der Waals surface area (Å²) in [7, 11) is 0. The Balaban J connectivity index is 1.49. The molecular weight excluding hydrogens is 388 g/mol. The highest BCUT2D eigenvalue weighted by atomic mass is 35.5. The van der Waals surface area contributed by atoms with Gasteiger partial charge in [-0.2, -0.15) is 0 Å². The number of para-hydroxylation sites is 1. The monoisotopic (exact) mass is 408 g/mol. The van der Waals surface area contributed by atoms with Gasteiger partial charge < -0.3 is 5.32 Å². The number of benzene rings is 2. The van der Waals surface area contributed by atoms with Gasteiger partial charge in [-0.3, -0.25) is 14.4 Å². The minimum atomic E-state index is -0.369. The second-order valence-electron chi connectivity index (χ2n) is 8.33. The number of carbonyl (C=O) groups excluding carboxylic acids is 3. The van der Waals surface area contributed by atoms with Gasteiger partial charge in [-0.15, -0.1) is 0 Å². The Morgan fingerprint density at radius 3 is 2.38 bits per heavy atom. The standard InChI is InChI=1S/C23H21ClN2O3/c1-12-6-9-15(24)11-17(12)25-21(27)16-4-2-3-5-18(16)26-22(28)19-13-7-8-14(10-13)20(19)23(26)29/h2-6,9,11,13-14,19-20H,7-8,10H2,1H3,(H,25,27)/t13-,14-,19+,20+/m1/s1. The van der Waals surface area contributed by atoms with E-state index in [1.165, 1.54) is 4.90 Å². The molecule has 4 atom stereocenters. The van der Waals surface area contributed by atoms with E-state index in [1.54, 1.807) is 36.4 Å². The Morgan fingerprint density at radius 1 is 1.03 bits per heavy atom. The van der Waals surface area contributed by atoms with Crippen LogP contribution in [0, 0.1) is 30.6 Å². The molecule has 2 bridgehead atoms. The van der Waals surface area contributed by atoms with Gasteiger partial charge in [0.05, 0.1) is 23.1 Å². The highest BCUT2D eigenvalue weighted by molar-refractivity contribution is 6.31. The fourth-order valence-corrected chi connectivity index (χ4v) is 5.60. The van der Waals surface area contributed by atoms with Crippen LogP contribution >= 0.6 is 11.6 Å². The molecule has 1 aliphatic heterocycles. The van der Waals surface area contributed by atoms with Crippen molar-refractivity contribution in [2.45, 2.75) is 26.2 Å². The Morgan fingerprint density at radius 2 is 1.69 bits per heavy atom. The minimum Gasteiger partial charge on any atom is -0.322 e. The number of nitrogens with zero attached hydrogens (tertiary/aromatic N) is 1. The number of halogens is 1. The number of fused-ring (bicyclic) bond motifs is 5. The lowest BCUT2D eigenvalue weighted by Crippen LogP contribution is -2.34. The first-order valence-electron chi connectivity index (χ1n) is 10.00. The molecular formula is C23H21ClN2O3. The summed E-state index contributed by atoms with van der Waals surface area (Å²) in [5.74, 6) is -0.479. The summed E-state index contributed by atoms with van der Waals surface area (Å²) in [4.78, 5) is 40.7. The third-order valence-corrected chi connectivity index (χ3v) is 7.00. The zero-order chi connectivity index (χ0) is 20.3. The molecule has 5 nitrogen and oxygen atoms in total. The summed E-state index contributed by atoms with van der Waals surface area (Å²) in [6.45, 7) is 1.88. The van der Waals surface area contributed by atoms with Crippen molar-refractivity contribution in [2.24, 2.45) is 23.7 Å². The van der Waals surface area contributed by atoms with Crippen molar-refractivity contribution in [3.05, 3.63) is 58.6 Å². The normalized spacial score (nSPS) is 27.4. The summed E-state index contributed by atoms with van der Waals surface area (Å²) >= 11 is 6.06. The molecule has 1 heterocycles. The van der Waals surface area contributed by atoms with Crippen LogP contribution in [0.2, 0.25) is 5.02 Å². The average molecular weight is 409 g/mol. The van der Waals surface area contributed by atoms with Crippen LogP contribution in [0.4, 0.5) is 11.4 Å². The largest absolute Gasteiger partial charge is 0.322 e. The maximum Gasteiger partial charge on any atom is 0.257 e.